The lowest BCUT2D eigenvalue weighted by Gasteiger charge is -2.38. The summed E-state index contributed by atoms with van der Waals surface area (Å²) in [5.41, 5.74) is -2.21. The number of likely N-dealkylation sites (tertiary alicyclic amines) is 1. The Morgan fingerprint density at radius 1 is 0.859 bits per heavy atom. The first kappa shape index (κ1) is 50.7. The Morgan fingerprint density at radius 2 is 1.45 bits per heavy atom. The fourth-order valence-corrected chi connectivity index (χ4v) is 6.44. The molecule has 0 spiro atoms. The van der Waals surface area contributed by atoms with Crippen LogP contribution in [0.25, 0.3) is 11.1 Å². The van der Waals surface area contributed by atoms with Gasteiger partial charge < -0.3 is 49.0 Å². The van der Waals surface area contributed by atoms with E-state index in [0.717, 1.165) is 22.5 Å². The van der Waals surface area contributed by atoms with Gasteiger partial charge in [0.2, 0.25) is 11.9 Å². The van der Waals surface area contributed by atoms with Gasteiger partial charge in [-0.3, -0.25) is 5.32 Å². The number of aromatic nitrogens is 3. The largest absolute Gasteiger partial charge is 0.489 e. The third kappa shape index (κ3) is 17.0. The number of alkyl carbamates (subject to hydrolysis) is 1. The van der Waals surface area contributed by atoms with E-state index in [1.165, 1.54) is 5.38 Å². The number of rotatable bonds is 16. The van der Waals surface area contributed by atoms with Crippen molar-refractivity contribution in [3.8, 4) is 16.9 Å². The van der Waals surface area contributed by atoms with Gasteiger partial charge in [-0.15, -0.1) is 16.0 Å². The highest BCUT2D eigenvalue weighted by molar-refractivity contribution is 7.14. The monoisotopic (exact) mass is 916 g/mol. The number of hydrogen-bond acceptors (Lipinski definition) is 15. The maximum atomic E-state index is 13.2. The number of thiazole rings is 1. The number of carboxylic acids is 1. The molecule has 2 aromatic heterocycles. The Morgan fingerprint density at radius 3 is 2.03 bits per heavy atom. The molecule has 20 nitrogen and oxygen atoms in total. The number of aliphatic hydroxyl groups is 1. The zero-order valence-corrected chi connectivity index (χ0v) is 39.4. The minimum Gasteiger partial charge on any atom is -0.489 e. The lowest BCUT2D eigenvalue weighted by Crippen LogP contribution is -2.58. The molecule has 21 heteroatoms. The number of aliphatic hydroxyl groups excluding tert-OH is 1. The summed E-state index contributed by atoms with van der Waals surface area (Å²) in [5, 5.41) is 31.1. The molecule has 0 aliphatic carbocycles. The van der Waals surface area contributed by atoms with E-state index in [2.05, 4.69) is 20.8 Å². The number of nitrogens with zero attached hydrogens (tertiary/aromatic N) is 5. The van der Waals surface area contributed by atoms with E-state index >= 15 is 0 Å². The van der Waals surface area contributed by atoms with Crippen LogP contribution >= 0.6 is 11.3 Å². The predicted octanol–water partition coefficient (Wildman–Crippen LogP) is 5.59. The van der Waals surface area contributed by atoms with Crippen LogP contribution in [0.1, 0.15) is 88.8 Å². The van der Waals surface area contributed by atoms with E-state index < -0.39 is 71.1 Å². The number of amides is 3. The van der Waals surface area contributed by atoms with E-state index in [9.17, 15) is 34.2 Å². The van der Waals surface area contributed by atoms with Gasteiger partial charge in [-0.05, 0) is 101 Å². The Balaban J connectivity index is 1.49. The minimum atomic E-state index is -1.51. The van der Waals surface area contributed by atoms with E-state index in [0.29, 0.717) is 25.4 Å². The van der Waals surface area contributed by atoms with E-state index in [4.69, 9.17) is 28.5 Å². The molecular formula is C43H62N7O13S+. The van der Waals surface area contributed by atoms with Crippen LogP contribution < -0.4 is 20.1 Å². The number of aliphatic carboxylic acids is 1. The number of hydrogen-bond donors (Lipinski definition) is 4. The Bertz CT molecular complexity index is 2110. The van der Waals surface area contributed by atoms with Crippen LogP contribution in [0.3, 0.4) is 0 Å². The second-order valence-electron chi connectivity index (χ2n) is 19.1. The number of carboxylic acid groups (broad SMARTS) is 1. The molecule has 1 aliphatic rings. The zero-order chi connectivity index (χ0) is 47.8. The number of esters is 1. The molecule has 0 unspecified atom stereocenters. The molecule has 0 bridgehead atoms. The molecule has 352 valence electrons. The summed E-state index contributed by atoms with van der Waals surface area (Å²) in [6, 6.07) is 6.94. The highest BCUT2D eigenvalue weighted by atomic mass is 32.1. The molecule has 1 aromatic carbocycles. The minimum absolute atomic E-state index is 0.0511. The summed E-state index contributed by atoms with van der Waals surface area (Å²) in [6.45, 7) is 21.9. The standard InChI is InChI=1S/C43H61N7O13S/c1-40(2,3)59-35(54)32(63-47-33(34(52)53)31-25-64-36(45-31)46-38(56)61-42(7,8)9)24-58-30-15-13-27(14-16-30)28-21-49(20-26-18-48(19-26)39(57)62-43(10,11)12)50(22-28)23-29(51)17-44-37(55)60-41(4,5)6/h13-16,21-22,25-26,29,32,51H,17-20,23-24H2,1-12H3,(H2-,44,45,46,52,53,55,56)/p+1/b47-33-/t29-,32-/m0/s1. The first-order chi connectivity index (χ1) is 29.5. The number of oxime groups is 1. The topological polar surface area (TPSA) is 243 Å². The average molecular weight is 917 g/mol. The van der Waals surface area contributed by atoms with E-state index in [-0.39, 0.29) is 35.9 Å². The van der Waals surface area contributed by atoms with Crippen molar-refractivity contribution in [1.29, 1.82) is 0 Å². The normalized spacial score (nSPS) is 14.7. The smallest absolute Gasteiger partial charge is 0.413 e. The number of nitrogens with one attached hydrogen (secondary N) is 2. The lowest BCUT2D eigenvalue weighted by molar-refractivity contribution is -0.782. The molecule has 0 saturated carbocycles. The molecule has 1 fully saturated rings. The quantitative estimate of drug-likeness (QED) is 0.0450. The van der Waals surface area contributed by atoms with Crippen LogP contribution in [-0.2, 0) is 46.5 Å². The molecule has 3 aromatic rings. The van der Waals surface area contributed by atoms with Crippen LogP contribution in [-0.4, -0.2) is 122 Å². The van der Waals surface area contributed by atoms with Gasteiger partial charge in [0.25, 0.3) is 6.10 Å². The average Bonchev–Trinajstić information content (AvgIpc) is 3.73. The molecule has 3 heterocycles. The van der Waals surface area contributed by atoms with Gasteiger partial charge in [0.05, 0.1) is 23.8 Å². The Labute approximate surface area is 376 Å². The molecule has 0 radical (unpaired) electrons. The van der Waals surface area contributed by atoms with Crippen molar-refractivity contribution in [2.75, 3.05) is 31.6 Å². The van der Waals surface area contributed by atoms with Gasteiger partial charge in [-0.25, -0.2) is 29.0 Å². The van der Waals surface area contributed by atoms with Crippen molar-refractivity contribution < 1.29 is 67.4 Å². The summed E-state index contributed by atoms with van der Waals surface area (Å²) in [4.78, 5) is 73.7. The van der Waals surface area contributed by atoms with Gasteiger partial charge in [0.15, 0.2) is 11.7 Å². The van der Waals surface area contributed by atoms with Crippen molar-refractivity contribution in [1.82, 2.24) is 19.9 Å². The van der Waals surface area contributed by atoms with Crippen LogP contribution in [0.5, 0.6) is 5.75 Å². The summed E-state index contributed by atoms with van der Waals surface area (Å²) in [6.07, 6.45) is -0.496. The predicted molar refractivity (Wildman–Crippen MR) is 234 cm³/mol. The second kappa shape index (κ2) is 20.7. The highest BCUT2D eigenvalue weighted by Gasteiger charge is 2.37. The fourth-order valence-electron chi connectivity index (χ4n) is 5.76. The van der Waals surface area contributed by atoms with Gasteiger partial charge in [-0.1, -0.05) is 17.3 Å². The van der Waals surface area contributed by atoms with Crippen LogP contribution in [0.2, 0.25) is 0 Å². The first-order valence-corrected chi connectivity index (χ1v) is 21.5. The molecule has 3 amide bonds. The van der Waals surface area contributed by atoms with Gasteiger partial charge in [0.1, 0.15) is 47.0 Å². The van der Waals surface area contributed by atoms with Crippen molar-refractivity contribution in [3.63, 3.8) is 0 Å². The van der Waals surface area contributed by atoms with Crippen molar-refractivity contribution in [2.45, 2.75) is 131 Å². The Hall–Kier alpha value is -5.96. The van der Waals surface area contributed by atoms with Crippen molar-refractivity contribution in [2.24, 2.45) is 11.1 Å². The van der Waals surface area contributed by atoms with Crippen LogP contribution in [0, 0.1) is 5.92 Å². The zero-order valence-electron chi connectivity index (χ0n) is 38.5. The third-order valence-corrected chi connectivity index (χ3v) is 9.08. The molecule has 1 saturated heterocycles. The van der Waals surface area contributed by atoms with Gasteiger partial charge in [-0.2, -0.15) is 4.68 Å². The maximum Gasteiger partial charge on any atom is 0.413 e. The summed E-state index contributed by atoms with van der Waals surface area (Å²) < 4.78 is 31.2. The molecule has 64 heavy (non-hydrogen) atoms. The van der Waals surface area contributed by atoms with Crippen LogP contribution in [0.15, 0.2) is 47.2 Å². The molecule has 2 atom stereocenters. The number of anilines is 1. The number of carbonyl (C=O) groups excluding carboxylic acids is 4. The molecule has 1 aliphatic heterocycles. The number of carbonyl (C=O) groups is 5. The van der Waals surface area contributed by atoms with Gasteiger partial charge in [0, 0.05) is 25.0 Å². The van der Waals surface area contributed by atoms with Crippen LogP contribution in [0.4, 0.5) is 19.5 Å². The summed E-state index contributed by atoms with van der Waals surface area (Å²) >= 11 is 0.934. The summed E-state index contributed by atoms with van der Waals surface area (Å²) in [5.74, 6) is -1.92. The first-order valence-electron chi connectivity index (χ1n) is 20.6. The second-order valence-corrected chi connectivity index (χ2v) is 20.0. The maximum absolute atomic E-state index is 13.2. The number of benzene rings is 1. The Kier molecular flexibility index (Phi) is 16.4. The molecule has 4 N–H and O–H groups in total. The van der Waals surface area contributed by atoms with Crippen molar-refractivity contribution >= 4 is 52.4 Å². The number of ether oxygens (including phenoxy) is 5. The van der Waals surface area contributed by atoms with E-state index in [1.54, 1.807) is 91.5 Å². The third-order valence-electron chi connectivity index (χ3n) is 8.33. The van der Waals surface area contributed by atoms with E-state index in [1.807, 2.05) is 42.5 Å². The molecular weight excluding hydrogens is 855 g/mol. The SMILES string of the molecule is CC(C)(C)OC(=O)NC[C@H](O)Cn1cc(-c2ccc(OC[C@H](O/N=C(\C(=O)O)c3csc(NC(=O)OC(C)(C)C)n3)C(=O)OC(C)(C)C)cc2)c[n+]1CC1CN(C(=O)OC(C)(C)C)C1. The lowest BCUT2D eigenvalue weighted by atomic mass is 10.0. The molecule has 4 rings (SSSR count). The van der Waals surface area contributed by atoms with Crippen molar-refractivity contribution in [3.05, 3.63) is 47.7 Å². The summed E-state index contributed by atoms with van der Waals surface area (Å²) in [7, 11) is 0. The van der Waals surface area contributed by atoms with Gasteiger partial charge >= 0.3 is 30.2 Å². The fraction of sp³-hybridized carbons (Fsp3) is 0.581. The highest BCUT2D eigenvalue weighted by Crippen LogP contribution is 2.25.